The Bertz CT molecular complexity index is 806. The monoisotopic (exact) mass is 237 g/mol. The van der Waals surface area contributed by atoms with Gasteiger partial charge < -0.3 is 0 Å². The standard InChI is InChI=1S/C12H9N6/c1-2-5-15-9(4-1)11-14-13-8-10-16-6-3-7-17(16)12(15)18(10)11/h1-8,12H/q+3. The second-order valence-electron chi connectivity index (χ2n) is 4.45. The van der Waals surface area contributed by atoms with E-state index >= 15 is 0 Å². The predicted octanol–water partition coefficient (Wildman–Crippen LogP) is -1.02. The molecule has 0 aromatic carbocycles. The minimum atomic E-state index is 0.0942. The molecule has 5 rings (SSSR count). The predicted molar refractivity (Wildman–Crippen MR) is 57.2 cm³/mol. The molecule has 1 unspecified atom stereocenters. The summed E-state index contributed by atoms with van der Waals surface area (Å²) >= 11 is 0. The molecule has 0 radical (unpaired) electrons. The van der Waals surface area contributed by atoms with Gasteiger partial charge in [0.1, 0.15) is 12.4 Å². The average molecular weight is 237 g/mol. The second-order valence-corrected chi connectivity index (χ2v) is 4.45. The molecule has 0 amide bonds. The van der Waals surface area contributed by atoms with E-state index in [-0.39, 0.29) is 6.29 Å². The third-order valence-electron chi connectivity index (χ3n) is 3.59. The molecule has 1 atom stereocenters. The highest BCUT2D eigenvalue weighted by atomic mass is 15.6. The van der Waals surface area contributed by atoms with Crippen molar-refractivity contribution in [2.75, 3.05) is 0 Å². The summed E-state index contributed by atoms with van der Waals surface area (Å²) in [5.74, 6) is 1.95. The van der Waals surface area contributed by atoms with Crippen molar-refractivity contribution in [1.82, 2.24) is 14.9 Å². The number of pyridine rings is 1. The van der Waals surface area contributed by atoms with Gasteiger partial charge in [-0.15, -0.1) is 0 Å². The zero-order chi connectivity index (χ0) is 11.7. The lowest BCUT2D eigenvalue weighted by Gasteiger charge is -1.91. The Balaban J connectivity index is 2.00. The van der Waals surface area contributed by atoms with Gasteiger partial charge in [0.05, 0.1) is 0 Å². The molecule has 0 aliphatic carbocycles. The SMILES string of the molecule is c1cc[n+]2c(c1)-c1nncc3[n+]1C2[n+]1cccn1-3. The van der Waals surface area contributed by atoms with Crippen molar-refractivity contribution in [3.63, 3.8) is 0 Å². The molecule has 0 saturated carbocycles. The molecule has 5 heterocycles. The molecule has 84 valence electrons. The van der Waals surface area contributed by atoms with Crippen LogP contribution in [0.3, 0.4) is 0 Å². The van der Waals surface area contributed by atoms with E-state index in [1.165, 1.54) is 0 Å². The molecule has 18 heavy (non-hydrogen) atoms. The third-order valence-corrected chi connectivity index (χ3v) is 3.59. The summed E-state index contributed by atoms with van der Waals surface area (Å²) in [4.78, 5) is 0. The van der Waals surface area contributed by atoms with Gasteiger partial charge in [0.25, 0.3) is 5.69 Å². The van der Waals surface area contributed by atoms with E-state index in [9.17, 15) is 0 Å². The molecule has 0 saturated heterocycles. The Morgan fingerprint density at radius 2 is 2.17 bits per heavy atom. The maximum Gasteiger partial charge on any atom is 0.519 e. The number of fused-ring (bicyclic) bond motifs is 6. The van der Waals surface area contributed by atoms with Crippen molar-refractivity contribution in [3.8, 4) is 17.3 Å². The molecule has 2 aliphatic rings. The fourth-order valence-corrected chi connectivity index (χ4v) is 2.88. The van der Waals surface area contributed by atoms with Crippen molar-refractivity contribution >= 4 is 0 Å². The van der Waals surface area contributed by atoms with Gasteiger partial charge in [-0.25, -0.2) is 0 Å². The minimum Gasteiger partial charge on any atom is -0.0933 e. The van der Waals surface area contributed by atoms with Crippen LogP contribution in [-0.2, 0) is 0 Å². The molecular weight excluding hydrogens is 228 g/mol. The van der Waals surface area contributed by atoms with Crippen LogP contribution in [0.2, 0.25) is 0 Å². The van der Waals surface area contributed by atoms with Crippen LogP contribution in [0.4, 0.5) is 0 Å². The van der Waals surface area contributed by atoms with Gasteiger partial charge in [-0.05, 0) is 10.7 Å². The molecule has 3 aromatic rings. The molecule has 2 aliphatic heterocycles. The fraction of sp³-hybridized carbons (Fsp3) is 0.0833. The molecule has 3 aromatic heterocycles. The maximum absolute atomic E-state index is 4.28. The summed E-state index contributed by atoms with van der Waals surface area (Å²) in [6.45, 7) is 0. The van der Waals surface area contributed by atoms with E-state index in [0.29, 0.717) is 0 Å². The smallest absolute Gasteiger partial charge is 0.0933 e. The Labute approximate surface area is 102 Å². The average Bonchev–Trinajstić information content (AvgIpc) is 3.06. The van der Waals surface area contributed by atoms with Crippen LogP contribution in [0, 0.1) is 0 Å². The summed E-state index contributed by atoms with van der Waals surface area (Å²) in [5, 5.41) is 8.39. The van der Waals surface area contributed by atoms with E-state index in [1.54, 1.807) is 6.20 Å². The zero-order valence-corrected chi connectivity index (χ0v) is 9.38. The quantitative estimate of drug-likeness (QED) is 0.323. The molecule has 0 spiro atoms. The van der Waals surface area contributed by atoms with E-state index < -0.39 is 0 Å². The van der Waals surface area contributed by atoms with Crippen molar-refractivity contribution in [1.29, 1.82) is 0 Å². The number of nitrogens with zero attached hydrogens (tertiary/aromatic N) is 6. The number of rotatable bonds is 0. The highest BCUT2D eigenvalue weighted by Gasteiger charge is 2.58. The van der Waals surface area contributed by atoms with Gasteiger partial charge in [-0.1, -0.05) is 14.2 Å². The van der Waals surface area contributed by atoms with E-state index in [2.05, 4.69) is 47.2 Å². The molecule has 0 fully saturated rings. The largest absolute Gasteiger partial charge is 0.519 e. The van der Waals surface area contributed by atoms with Gasteiger partial charge >= 0.3 is 17.9 Å². The van der Waals surface area contributed by atoms with Crippen LogP contribution < -0.4 is 13.8 Å². The van der Waals surface area contributed by atoms with Crippen LogP contribution in [0.5, 0.6) is 0 Å². The Morgan fingerprint density at radius 3 is 3.17 bits per heavy atom. The summed E-state index contributed by atoms with van der Waals surface area (Å²) in [6, 6.07) is 8.17. The van der Waals surface area contributed by atoms with Crippen LogP contribution >= 0.6 is 0 Å². The first-order chi connectivity index (χ1) is 8.95. The Kier molecular flexibility index (Phi) is 1.23. The number of aromatic nitrogens is 6. The Hall–Kier alpha value is -2.63. The minimum absolute atomic E-state index is 0.0942. The first-order valence-electron chi connectivity index (χ1n) is 5.82. The second kappa shape index (κ2) is 2.61. The maximum atomic E-state index is 4.28. The van der Waals surface area contributed by atoms with Gasteiger partial charge in [0.2, 0.25) is 6.20 Å². The van der Waals surface area contributed by atoms with Gasteiger partial charge in [-0.3, -0.25) is 0 Å². The first-order valence-corrected chi connectivity index (χ1v) is 5.82. The van der Waals surface area contributed by atoms with Crippen LogP contribution in [0.25, 0.3) is 17.3 Å². The molecule has 0 bridgehead atoms. The summed E-state index contributed by atoms with van der Waals surface area (Å²) < 4.78 is 8.66. The highest BCUT2D eigenvalue weighted by Crippen LogP contribution is 2.20. The lowest BCUT2D eigenvalue weighted by molar-refractivity contribution is -1.09. The Morgan fingerprint density at radius 1 is 1.17 bits per heavy atom. The topological polar surface area (TPSA) is 42.4 Å². The fourth-order valence-electron chi connectivity index (χ4n) is 2.88. The van der Waals surface area contributed by atoms with Crippen LogP contribution in [0.15, 0.2) is 49.1 Å². The summed E-state index contributed by atoms with van der Waals surface area (Å²) in [5.41, 5.74) is 1.09. The number of hydrogen-bond acceptors (Lipinski definition) is 2. The van der Waals surface area contributed by atoms with E-state index in [1.807, 2.05) is 24.4 Å². The number of hydrogen-bond donors (Lipinski definition) is 0. The van der Waals surface area contributed by atoms with Crippen molar-refractivity contribution in [3.05, 3.63) is 49.1 Å². The van der Waals surface area contributed by atoms with E-state index in [0.717, 1.165) is 17.3 Å². The van der Waals surface area contributed by atoms with Crippen molar-refractivity contribution in [2.24, 2.45) is 0 Å². The van der Waals surface area contributed by atoms with Gasteiger partial charge in [0.15, 0.2) is 6.20 Å². The summed E-state index contributed by atoms with van der Waals surface area (Å²) in [6.07, 6.45) is 8.07. The van der Waals surface area contributed by atoms with Crippen molar-refractivity contribution in [2.45, 2.75) is 6.29 Å². The van der Waals surface area contributed by atoms with E-state index in [4.69, 9.17) is 0 Å². The molecule has 6 nitrogen and oxygen atoms in total. The van der Waals surface area contributed by atoms with Crippen LogP contribution in [-0.4, -0.2) is 14.9 Å². The normalized spacial score (nSPS) is 17.4. The molecular formula is C12H9N6+3. The lowest BCUT2D eigenvalue weighted by atomic mass is 10.3. The van der Waals surface area contributed by atoms with Gasteiger partial charge in [-0.2, -0.15) is 0 Å². The molecule has 0 N–H and O–H groups in total. The summed E-state index contributed by atoms with van der Waals surface area (Å²) in [7, 11) is 0. The van der Waals surface area contributed by atoms with Crippen LogP contribution in [0.1, 0.15) is 6.29 Å². The highest BCUT2D eigenvalue weighted by molar-refractivity contribution is 5.41. The zero-order valence-electron chi connectivity index (χ0n) is 9.38. The van der Waals surface area contributed by atoms with Gasteiger partial charge in [0, 0.05) is 28.0 Å². The van der Waals surface area contributed by atoms with Crippen molar-refractivity contribution < 1.29 is 13.8 Å². The lowest BCUT2D eigenvalue weighted by Crippen LogP contribution is -2.64. The molecule has 6 heteroatoms. The first kappa shape index (κ1) is 8.46. The third kappa shape index (κ3) is 0.746.